The first-order valence-corrected chi connectivity index (χ1v) is 6.30. The zero-order chi connectivity index (χ0) is 14.3. The highest BCUT2D eigenvalue weighted by Crippen LogP contribution is 2.38. The average Bonchev–Trinajstić information content (AvgIpc) is 2.94. The van der Waals surface area contributed by atoms with E-state index in [0.29, 0.717) is 16.9 Å². The van der Waals surface area contributed by atoms with E-state index < -0.39 is 11.5 Å². The number of nitrogens with one attached hydrogen (secondary N) is 1. The molecule has 2 N–H and O–H groups in total. The number of anilines is 1. The monoisotopic (exact) mass is 270 g/mol. The van der Waals surface area contributed by atoms with E-state index in [4.69, 9.17) is 0 Å². The SMILES string of the molecule is Cn1cccc1C(=O)CC1(O)C(=O)Nc2ccccc21. The van der Waals surface area contributed by atoms with Gasteiger partial charge >= 0.3 is 0 Å². The van der Waals surface area contributed by atoms with Crippen molar-refractivity contribution in [2.24, 2.45) is 7.05 Å². The summed E-state index contributed by atoms with van der Waals surface area (Å²) in [5.41, 5.74) is -0.319. The van der Waals surface area contributed by atoms with Gasteiger partial charge in [0.15, 0.2) is 11.4 Å². The number of carbonyl (C=O) groups excluding carboxylic acids is 2. The van der Waals surface area contributed by atoms with Crippen molar-refractivity contribution < 1.29 is 14.7 Å². The number of aliphatic hydroxyl groups is 1. The lowest BCUT2D eigenvalue weighted by Crippen LogP contribution is -2.36. The van der Waals surface area contributed by atoms with Gasteiger partial charge in [-0.1, -0.05) is 18.2 Å². The molecule has 0 aliphatic carbocycles. The minimum atomic E-state index is -1.79. The first-order chi connectivity index (χ1) is 9.52. The van der Waals surface area contributed by atoms with Gasteiger partial charge in [0, 0.05) is 24.5 Å². The van der Waals surface area contributed by atoms with Gasteiger partial charge in [0.05, 0.1) is 12.1 Å². The molecule has 20 heavy (non-hydrogen) atoms. The Hall–Kier alpha value is -2.40. The fourth-order valence-electron chi connectivity index (χ4n) is 2.55. The molecule has 1 aliphatic rings. The number of para-hydroxylation sites is 1. The number of amides is 1. The van der Waals surface area contributed by atoms with E-state index in [1.165, 1.54) is 0 Å². The van der Waals surface area contributed by atoms with Crippen LogP contribution in [-0.2, 0) is 17.4 Å². The molecule has 1 amide bonds. The number of fused-ring (bicyclic) bond motifs is 1. The minimum absolute atomic E-state index is 0.270. The summed E-state index contributed by atoms with van der Waals surface area (Å²) in [7, 11) is 1.75. The standard InChI is InChI=1S/C15H14N2O3/c1-17-8-4-7-12(17)13(18)9-15(20)10-5-2-3-6-11(10)16-14(15)19/h2-8,20H,9H2,1H3,(H,16,19). The second-order valence-corrected chi connectivity index (χ2v) is 4.96. The first-order valence-electron chi connectivity index (χ1n) is 6.30. The summed E-state index contributed by atoms with van der Waals surface area (Å²) in [6, 6.07) is 10.3. The third-order valence-electron chi connectivity index (χ3n) is 3.64. The smallest absolute Gasteiger partial charge is 0.261 e. The molecule has 1 unspecified atom stereocenters. The topological polar surface area (TPSA) is 71.3 Å². The maximum Gasteiger partial charge on any atom is 0.261 e. The van der Waals surface area contributed by atoms with Crippen LogP contribution < -0.4 is 5.32 Å². The largest absolute Gasteiger partial charge is 0.375 e. The molecule has 0 radical (unpaired) electrons. The molecule has 1 aromatic heterocycles. The summed E-state index contributed by atoms with van der Waals surface area (Å²) in [5, 5.41) is 13.2. The number of nitrogens with zero attached hydrogens (tertiary/aromatic N) is 1. The zero-order valence-corrected chi connectivity index (χ0v) is 11.0. The molecule has 0 fully saturated rings. The van der Waals surface area contributed by atoms with Crippen molar-refractivity contribution in [3.05, 3.63) is 53.9 Å². The van der Waals surface area contributed by atoms with Crippen LogP contribution in [0.5, 0.6) is 0 Å². The number of hydrogen-bond donors (Lipinski definition) is 2. The molecule has 0 saturated heterocycles. The normalized spacial score (nSPS) is 20.6. The molecule has 0 bridgehead atoms. The molecular weight excluding hydrogens is 256 g/mol. The van der Waals surface area contributed by atoms with Gasteiger partial charge < -0.3 is 15.0 Å². The van der Waals surface area contributed by atoms with Crippen LogP contribution in [0.4, 0.5) is 5.69 Å². The van der Waals surface area contributed by atoms with Crippen molar-refractivity contribution in [1.29, 1.82) is 0 Å². The van der Waals surface area contributed by atoms with Gasteiger partial charge in [-0.25, -0.2) is 0 Å². The third-order valence-corrected chi connectivity index (χ3v) is 3.64. The van der Waals surface area contributed by atoms with Crippen molar-refractivity contribution in [1.82, 2.24) is 4.57 Å². The number of rotatable bonds is 3. The Morgan fingerprint density at radius 3 is 2.75 bits per heavy atom. The van der Waals surface area contributed by atoms with Crippen molar-refractivity contribution in [2.45, 2.75) is 12.0 Å². The maximum absolute atomic E-state index is 12.3. The molecular formula is C15H14N2O3. The van der Waals surface area contributed by atoms with Crippen LogP contribution in [0, 0.1) is 0 Å². The molecule has 0 spiro atoms. The van der Waals surface area contributed by atoms with Crippen LogP contribution >= 0.6 is 0 Å². The van der Waals surface area contributed by atoms with Gasteiger partial charge in [0.2, 0.25) is 0 Å². The molecule has 1 aliphatic heterocycles. The van der Waals surface area contributed by atoms with Crippen LogP contribution in [-0.4, -0.2) is 21.4 Å². The van der Waals surface area contributed by atoms with Crippen molar-refractivity contribution in [3.8, 4) is 0 Å². The number of carbonyl (C=O) groups is 2. The number of aryl methyl sites for hydroxylation is 1. The molecule has 5 heteroatoms. The Balaban J connectivity index is 1.96. The highest BCUT2D eigenvalue weighted by atomic mass is 16.3. The number of ketones is 1. The third kappa shape index (κ3) is 1.75. The van der Waals surface area contributed by atoms with E-state index in [9.17, 15) is 14.7 Å². The van der Waals surface area contributed by atoms with E-state index in [1.807, 2.05) is 0 Å². The van der Waals surface area contributed by atoms with Gasteiger partial charge in [-0.2, -0.15) is 0 Å². The lowest BCUT2D eigenvalue weighted by molar-refractivity contribution is -0.133. The second-order valence-electron chi connectivity index (χ2n) is 4.96. The first kappa shape index (κ1) is 12.6. The number of aromatic nitrogens is 1. The van der Waals surface area contributed by atoms with Gasteiger partial charge in [-0.3, -0.25) is 9.59 Å². The predicted molar refractivity (Wildman–Crippen MR) is 73.3 cm³/mol. The Morgan fingerprint density at radius 2 is 2.05 bits per heavy atom. The van der Waals surface area contributed by atoms with Gasteiger partial charge in [0.25, 0.3) is 5.91 Å². The number of hydrogen-bond acceptors (Lipinski definition) is 3. The Kier molecular flexibility index (Phi) is 2.72. The quantitative estimate of drug-likeness (QED) is 0.829. The van der Waals surface area contributed by atoms with Crippen LogP contribution in [0.25, 0.3) is 0 Å². The van der Waals surface area contributed by atoms with Crippen LogP contribution in [0.2, 0.25) is 0 Å². The number of benzene rings is 1. The van der Waals surface area contributed by atoms with E-state index in [-0.39, 0.29) is 12.2 Å². The minimum Gasteiger partial charge on any atom is -0.375 e. The summed E-state index contributed by atoms with van der Waals surface area (Å²) >= 11 is 0. The summed E-state index contributed by atoms with van der Waals surface area (Å²) < 4.78 is 1.67. The summed E-state index contributed by atoms with van der Waals surface area (Å²) in [5.74, 6) is -0.826. The molecule has 3 rings (SSSR count). The van der Waals surface area contributed by atoms with Gasteiger partial charge in [-0.15, -0.1) is 0 Å². The molecule has 2 aromatic rings. The summed E-state index contributed by atoms with van der Waals surface area (Å²) in [6.07, 6.45) is 1.48. The van der Waals surface area contributed by atoms with Crippen LogP contribution in [0.1, 0.15) is 22.5 Å². The van der Waals surface area contributed by atoms with Crippen molar-refractivity contribution >= 4 is 17.4 Å². The highest BCUT2D eigenvalue weighted by molar-refractivity contribution is 6.09. The molecule has 0 saturated carbocycles. The molecule has 1 aromatic carbocycles. The number of Topliss-reactive ketones (excluding diaryl/α,β-unsaturated/α-hetero) is 1. The van der Waals surface area contributed by atoms with Crippen molar-refractivity contribution in [2.75, 3.05) is 5.32 Å². The Labute approximate surface area is 115 Å². The van der Waals surface area contributed by atoms with E-state index in [2.05, 4.69) is 5.32 Å². The average molecular weight is 270 g/mol. The van der Waals surface area contributed by atoms with E-state index >= 15 is 0 Å². The highest BCUT2D eigenvalue weighted by Gasteiger charge is 2.46. The summed E-state index contributed by atoms with van der Waals surface area (Å²) in [4.78, 5) is 24.3. The fourth-order valence-corrected chi connectivity index (χ4v) is 2.55. The molecule has 2 heterocycles. The Morgan fingerprint density at radius 1 is 1.30 bits per heavy atom. The zero-order valence-electron chi connectivity index (χ0n) is 11.0. The Bertz CT molecular complexity index is 705. The van der Waals surface area contributed by atoms with Crippen LogP contribution in [0.15, 0.2) is 42.6 Å². The molecule has 1 atom stereocenters. The lowest BCUT2D eigenvalue weighted by atomic mass is 9.89. The van der Waals surface area contributed by atoms with E-state index in [1.54, 1.807) is 54.2 Å². The van der Waals surface area contributed by atoms with Crippen molar-refractivity contribution in [3.63, 3.8) is 0 Å². The maximum atomic E-state index is 12.3. The lowest BCUT2D eigenvalue weighted by Gasteiger charge is -2.20. The fraction of sp³-hybridized carbons (Fsp3) is 0.200. The van der Waals surface area contributed by atoms with Crippen LogP contribution in [0.3, 0.4) is 0 Å². The molecule has 102 valence electrons. The van der Waals surface area contributed by atoms with Gasteiger partial charge in [-0.05, 0) is 18.2 Å². The molecule has 5 nitrogen and oxygen atoms in total. The van der Waals surface area contributed by atoms with E-state index in [0.717, 1.165) is 0 Å². The second kappa shape index (κ2) is 4.31. The summed E-state index contributed by atoms with van der Waals surface area (Å²) in [6.45, 7) is 0. The predicted octanol–water partition coefficient (Wildman–Crippen LogP) is 1.44. The van der Waals surface area contributed by atoms with Gasteiger partial charge in [0.1, 0.15) is 0 Å².